The normalized spacial score (nSPS) is 9.45. The van der Waals surface area contributed by atoms with Gasteiger partial charge in [0.1, 0.15) is 0 Å². The van der Waals surface area contributed by atoms with Crippen LogP contribution >= 0.6 is 0 Å². The monoisotopic (exact) mass is 151 g/mol. The molecular weight excluding hydrogens is 134 g/mol. The van der Waals surface area contributed by atoms with E-state index in [4.69, 9.17) is 0 Å². The van der Waals surface area contributed by atoms with E-state index in [0.717, 1.165) is 0 Å². The predicted octanol–water partition coefficient (Wildman–Crippen LogP) is 3.15. The van der Waals surface area contributed by atoms with Gasteiger partial charge in [-0.15, -0.1) is 0 Å². The van der Waals surface area contributed by atoms with Gasteiger partial charge in [-0.25, -0.2) is 0 Å². The number of aromatic nitrogens is 1. The van der Waals surface area contributed by atoms with E-state index in [0.29, 0.717) is 5.92 Å². The van der Waals surface area contributed by atoms with Gasteiger partial charge in [0.15, 0.2) is 0 Å². The van der Waals surface area contributed by atoms with Gasteiger partial charge in [-0.1, -0.05) is 27.3 Å². The largest absolute Gasteiger partial charge is 0.261 e. The van der Waals surface area contributed by atoms with Gasteiger partial charge in [0.25, 0.3) is 0 Å². The lowest BCUT2D eigenvalue weighted by atomic mass is 10.1. The van der Waals surface area contributed by atoms with Crippen molar-refractivity contribution in [3.63, 3.8) is 0 Å². The molecule has 1 aromatic rings. The fraction of sp³-hybridized carbons (Fsp3) is 0.500. The Labute approximate surface area is 69.5 Å². The fourth-order valence-corrected chi connectivity index (χ4v) is 0.821. The van der Waals surface area contributed by atoms with Gasteiger partial charge < -0.3 is 0 Å². The highest BCUT2D eigenvalue weighted by atomic mass is 14.7. The molecule has 0 aliphatic heterocycles. The molecule has 0 fully saturated rings. The number of rotatable bonds is 1. The second-order valence-corrected chi connectivity index (χ2v) is 2.92. The van der Waals surface area contributed by atoms with Crippen LogP contribution in [0.5, 0.6) is 0 Å². The lowest BCUT2D eigenvalue weighted by Crippen LogP contribution is -1.90. The number of hydrogen-bond donors (Lipinski definition) is 0. The van der Waals surface area contributed by atoms with Gasteiger partial charge in [-0.3, -0.25) is 4.98 Å². The quantitative estimate of drug-likeness (QED) is 0.601. The summed E-state index contributed by atoms with van der Waals surface area (Å²) in [6, 6.07) is 4.18. The minimum atomic E-state index is 0. The number of nitrogens with zero attached hydrogens (tertiary/aromatic N) is 1. The minimum Gasteiger partial charge on any atom is -0.261 e. The second kappa shape index (κ2) is 4.12. The summed E-state index contributed by atoms with van der Waals surface area (Å²) in [5.41, 5.74) is 2.40. The van der Waals surface area contributed by atoms with E-state index in [1.165, 1.54) is 11.3 Å². The minimum absolute atomic E-state index is 0. The zero-order chi connectivity index (χ0) is 7.56. The average molecular weight is 151 g/mol. The Morgan fingerprint density at radius 1 is 1.27 bits per heavy atom. The number of hydrogen-bond acceptors (Lipinski definition) is 1. The fourth-order valence-electron chi connectivity index (χ4n) is 0.821. The van der Waals surface area contributed by atoms with Crippen LogP contribution in [0.1, 0.15) is 38.4 Å². The Morgan fingerprint density at radius 2 is 1.91 bits per heavy atom. The highest BCUT2D eigenvalue weighted by Gasteiger charge is 1.97. The molecule has 0 amide bonds. The van der Waals surface area contributed by atoms with E-state index < -0.39 is 0 Å². The van der Waals surface area contributed by atoms with Gasteiger partial charge >= 0.3 is 0 Å². The second-order valence-electron chi connectivity index (χ2n) is 2.92. The molecule has 0 radical (unpaired) electrons. The molecule has 1 rings (SSSR count). The van der Waals surface area contributed by atoms with Crippen LogP contribution in [0.4, 0.5) is 0 Å². The van der Waals surface area contributed by atoms with Crippen molar-refractivity contribution in [2.75, 3.05) is 0 Å². The third-order valence-electron chi connectivity index (χ3n) is 1.53. The van der Waals surface area contributed by atoms with Gasteiger partial charge in [-0.2, -0.15) is 0 Å². The van der Waals surface area contributed by atoms with Crippen LogP contribution in [-0.2, 0) is 0 Å². The first-order valence-electron chi connectivity index (χ1n) is 3.62. The van der Waals surface area contributed by atoms with E-state index in [2.05, 4.69) is 37.9 Å². The van der Waals surface area contributed by atoms with Gasteiger partial charge in [0, 0.05) is 11.9 Å². The van der Waals surface area contributed by atoms with Crippen molar-refractivity contribution in [2.24, 2.45) is 0 Å². The molecule has 0 unspecified atom stereocenters. The molecule has 0 aliphatic rings. The molecule has 0 atom stereocenters. The SMILES string of the molecule is C.Cc1ccc(C(C)C)nc1. The first-order valence-corrected chi connectivity index (χ1v) is 3.62. The first kappa shape index (κ1) is 10.2. The van der Waals surface area contributed by atoms with Crippen molar-refractivity contribution in [3.05, 3.63) is 29.6 Å². The molecule has 0 bridgehead atoms. The van der Waals surface area contributed by atoms with Gasteiger partial charge in [0.2, 0.25) is 0 Å². The molecule has 0 spiro atoms. The zero-order valence-corrected chi connectivity index (χ0v) is 6.76. The maximum atomic E-state index is 4.28. The standard InChI is InChI=1S/C9H13N.CH4/c1-7(2)9-5-4-8(3)6-10-9;/h4-7H,1-3H3;1H4. The van der Waals surface area contributed by atoms with Crippen molar-refractivity contribution in [1.29, 1.82) is 0 Å². The first-order chi connectivity index (χ1) is 4.70. The number of aryl methyl sites for hydroxylation is 1. The van der Waals surface area contributed by atoms with Crippen molar-refractivity contribution < 1.29 is 0 Å². The lowest BCUT2D eigenvalue weighted by Gasteiger charge is -2.02. The summed E-state index contributed by atoms with van der Waals surface area (Å²) in [7, 11) is 0. The van der Waals surface area contributed by atoms with E-state index in [1.54, 1.807) is 0 Å². The highest BCUT2D eigenvalue weighted by molar-refractivity contribution is 5.14. The molecule has 62 valence electrons. The maximum absolute atomic E-state index is 4.28. The summed E-state index contributed by atoms with van der Waals surface area (Å²) in [6.07, 6.45) is 1.91. The van der Waals surface area contributed by atoms with Crippen LogP contribution in [0.25, 0.3) is 0 Å². The molecule has 1 aromatic heterocycles. The van der Waals surface area contributed by atoms with Crippen molar-refractivity contribution in [2.45, 2.75) is 34.1 Å². The Kier molecular flexibility index (Phi) is 3.80. The Hall–Kier alpha value is -0.850. The Balaban J connectivity index is 0.000001000. The zero-order valence-electron chi connectivity index (χ0n) is 6.76. The van der Waals surface area contributed by atoms with Gasteiger partial charge in [-0.05, 0) is 24.5 Å². The molecule has 1 heteroatoms. The van der Waals surface area contributed by atoms with Crippen LogP contribution in [0.3, 0.4) is 0 Å². The lowest BCUT2D eigenvalue weighted by molar-refractivity contribution is 0.821. The Bertz CT molecular complexity index is 199. The number of pyridine rings is 1. The van der Waals surface area contributed by atoms with Crippen molar-refractivity contribution in [3.8, 4) is 0 Å². The van der Waals surface area contributed by atoms with Gasteiger partial charge in [0.05, 0.1) is 0 Å². The van der Waals surface area contributed by atoms with E-state index in [9.17, 15) is 0 Å². The molecule has 0 saturated heterocycles. The highest BCUT2D eigenvalue weighted by Crippen LogP contribution is 2.10. The summed E-state index contributed by atoms with van der Waals surface area (Å²) in [5.74, 6) is 0.542. The van der Waals surface area contributed by atoms with Crippen LogP contribution in [0.2, 0.25) is 0 Å². The molecule has 11 heavy (non-hydrogen) atoms. The molecule has 0 N–H and O–H groups in total. The van der Waals surface area contributed by atoms with Crippen LogP contribution in [-0.4, -0.2) is 4.98 Å². The summed E-state index contributed by atoms with van der Waals surface area (Å²) < 4.78 is 0. The molecule has 1 heterocycles. The van der Waals surface area contributed by atoms with Crippen LogP contribution in [0.15, 0.2) is 18.3 Å². The van der Waals surface area contributed by atoms with Crippen LogP contribution in [0, 0.1) is 6.92 Å². The molecule has 0 saturated carbocycles. The van der Waals surface area contributed by atoms with E-state index in [-0.39, 0.29) is 7.43 Å². The average Bonchev–Trinajstić information content (AvgIpc) is 1.88. The Morgan fingerprint density at radius 3 is 2.27 bits per heavy atom. The van der Waals surface area contributed by atoms with Crippen LogP contribution < -0.4 is 0 Å². The van der Waals surface area contributed by atoms with Crippen molar-refractivity contribution in [1.82, 2.24) is 4.98 Å². The summed E-state index contributed by atoms with van der Waals surface area (Å²) in [6.45, 7) is 6.35. The molecule has 1 nitrogen and oxygen atoms in total. The summed E-state index contributed by atoms with van der Waals surface area (Å²) in [4.78, 5) is 4.28. The third-order valence-corrected chi connectivity index (χ3v) is 1.53. The molecule has 0 aliphatic carbocycles. The molecule has 0 aromatic carbocycles. The van der Waals surface area contributed by atoms with Crippen molar-refractivity contribution >= 4 is 0 Å². The van der Waals surface area contributed by atoms with E-state index >= 15 is 0 Å². The summed E-state index contributed by atoms with van der Waals surface area (Å²) in [5, 5.41) is 0. The topological polar surface area (TPSA) is 12.9 Å². The smallest absolute Gasteiger partial charge is 0.0429 e. The summed E-state index contributed by atoms with van der Waals surface area (Å²) >= 11 is 0. The maximum Gasteiger partial charge on any atom is 0.0429 e. The third kappa shape index (κ3) is 2.71. The molecular formula is C10H17N. The van der Waals surface area contributed by atoms with E-state index in [1.807, 2.05) is 6.20 Å². The predicted molar refractivity (Wildman–Crippen MR) is 49.8 cm³/mol.